The first-order valence-corrected chi connectivity index (χ1v) is 7.26. The number of hydrogen-bond acceptors (Lipinski definition) is 4. The molecule has 0 radical (unpaired) electrons. The minimum absolute atomic E-state index is 0.0284. The highest BCUT2D eigenvalue weighted by atomic mass is 16.2. The smallest absolute Gasteiger partial charge is 0.237 e. The van der Waals surface area contributed by atoms with Crippen molar-refractivity contribution >= 4 is 11.8 Å². The van der Waals surface area contributed by atoms with Gasteiger partial charge in [-0.3, -0.25) is 14.5 Å². The van der Waals surface area contributed by atoms with Crippen molar-refractivity contribution in [2.75, 3.05) is 45.8 Å². The van der Waals surface area contributed by atoms with E-state index in [0.29, 0.717) is 13.1 Å². The molecule has 0 bridgehead atoms. The first-order chi connectivity index (χ1) is 9.25. The summed E-state index contributed by atoms with van der Waals surface area (Å²) in [5.41, 5.74) is 0. The normalized spacial score (nSPS) is 32.0. The van der Waals surface area contributed by atoms with Crippen molar-refractivity contribution in [3.05, 3.63) is 0 Å². The number of hydrogen-bond donors (Lipinski definition) is 2. The molecule has 0 saturated carbocycles. The minimum atomic E-state index is 0.0284. The fourth-order valence-electron chi connectivity index (χ4n) is 3.41. The molecule has 0 aliphatic carbocycles. The van der Waals surface area contributed by atoms with Crippen LogP contribution in [0, 0.1) is 5.92 Å². The summed E-state index contributed by atoms with van der Waals surface area (Å²) in [6.45, 7) is 5.73. The topological polar surface area (TPSA) is 64.7 Å². The maximum absolute atomic E-state index is 12.4. The zero-order valence-electron chi connectivity index (χ0n) is 11.2. The lowest BCUT2D eigenvalue weighted by molar-refractivity contribution is -0.138. The lowest BCUT2D eigenvalue weighted by Crippen LogP contribution is -2.53. The Morgan fingerprint density at radius 2 is 2.05 bits per heavy atom. The van der Waals surface area contributed by atoms with Crippen LogP contribution in [-0.2, 0) is 9.59 Å². The molecule has 3 fully saturated rings. The maximum Gasteiger partial charge on any atom is 0.237 e. The average Bonchev–Trinajstić information content (AvgIpc) is 2.82. The van der Waals surface area contributed by atoms with Crippen molar-refractivity contribution in [1.82, 2.24) is 20.4 Å². The molecule has 0 spiro atoms. The van der Waals surface area contributed by atoms with E-state index in [-0.39, 0.29) is 23.8 Å². The molecule has 3 saturated heterocycles. The number of piperazine rings is 1. The number of nitrogens with zero attached hydrogens (tertiary/aromatic N) is 2. The summed E-state index contributed by atoms with van der Waals surface area (Å²) < 4.78 is 0. The molecule has 2 atom stereocenters. The molecule has 106 valence electrons. The van der Waals surface area contributed by atoms with Crippen molar-refractivity contribution < 1.29 is 9.59 Å². The Morgan fingerprint density at radius 3 is 2.84 bits per heavy atom. The standard InChI is InChI=1S/C13H22N4O2/c18-12(9-16-6-3-14-4-7-16)17-5-1-2-10-11(17)8-15-13(10)19/h10-11,14H,1-9H2,(H,15,19). The van der Waals surface area contributed by atoms with Crippen LogP contribution in [-0.4, -0.2) is 73.5 Å². The van der Waals surface area contributed by atoms with Crippen LogP contribution in [0.5, 0.6) is 0 Å². The second-order valence-electron chi connectivity index (χ2n) is 5.67. The molecule has 19 heavy (non-hydrogen) atoms. The first-order valence-electron chi connectivity index (χ1n) is 7.26. The molecule has 6 nitrogen and oxygen atoms in total. The van der Waals surface area contributed by atoms with Crippen LogP contribution >= 0.6 is 0 Å². The highest BCUT2D eigenvalue weighted by Crippen LogP contribution is 2.27. The quantitative estimate of drug-likeness (QED) is 0.647. The Balaban J connectivity index is 1.60. The van der Waals surface area contributed by atoms with E-state index in [1.807, 2.05) is 4.90 Å². The van der Waals surface area contributed by atoms with E-state index in [1.165, 1.54) is 0 Å². The van der Waals surface area contributed by atoms with Crippen LogP contribution in [0.3, 0.4) is 0 Å². The summed E-state index contributed by atoms with van der Waals surface area (Å²) in [6, 6.07) is 0.0941. The predicted octanol–water partition coefficient (Wildman–Crippen LogP) is -1.37. The third kappa shape index (κ3) is 2.60. The van der Waals surface area contributed by atoms with E-state index in [1.54, 1.807) is 0 Å². The zero-order chi connectivity index (χ0) is 13.2. The molecule has 0 aromatic heterocycles. The van der Waals surface area contributed by atoms with Gasteiger partial charge in [0.2, 0.25) is 11.8 Å². The number of amides is 2. The van der Waals surface area contributed by atoms with E-state index in [0.717, 1.165) is 45.6 Å². The van der Waals surface area contributed by atoms with Crippen molar-refractivity contribution in [2.24, 2.45) is 5.92 Å². The number of piperidine rings is 1. The predicted molar refractivity (Wildman–Crippen MR) is 70.5 cm³/mol. The van der Waals surface area contributed by atoms with E-state index >= 15 is 0 Å². The van der Waals surface area contributed by atoms with Crippen LogP contribution < -0.4 is 10.6 Å². The number of carbonyl (C=O) groups excluding carboxylic acids is 2. The SMILES string of the molecule is O=C1NCC2C1CCCN2C(=O)CN1CCNCC1. The van der Waals surface area contributed by atoms with Crippen molar-refractivity contribution in [1.29, 1.82) is 0 Å². The number of nitrogens with one attached hydrogen (secondary N) is 2. The van der Waals surface area contributed by atoms with E-state index in [2.05, 4.69) is 15.5 Å². The van der Waals surface area contributed by atoms with Gasteiger partial charge in [0, 0.05) is 39.3 Å². The number of likely N-dealkylation sites (tertiary alicyclic amines) is 1. The molecular weight excluding hydrogens is 244 g/mol. The third-order valence-corrected chi connectivity index (χ3v) is 4.49. The monoisotopic (exact) mass is 266 g/mol. The van der Waals surface area contributed by atoms with Gasteiger partial charge >= 0.3 is 0 Å². The van der Waals surface area contributed by atoms with Gasteiger partial charge < -0.3 is 15.5 Å². The van der Waals surface area contributed by atoms with Crippen molar-refractivity contribution in [2.45, 2.75) is 18.9 Å². The minimum Gasteiger partial charge on any atom is -0.354 e. The van der Waals surface area contributed by atoms with Crippen LogP contribution in [0.1, 0.15) is 12.8 Å². The molecule has 2 amide bonds. The molecule has 3 aliphatic heterocycles. The lowest BCUT2D eigenvalue weighted by atomic mass is 9.91. The molecule has 3 aliphatic rings. The Kier molecular flexibility index (Phi) is 3.70. The summed E-state index contributed by atoms with van der Waals surface area (Å²) in [5.74, 6) is 0.346. The fraction of sp³-hybridized carbons (Fsp3) is 0.846. The molecule has 3 heterocycles. The van der Waals surface area contributed by atoms with Gasteiger partial charge in [-0.15, -0.1) is 0 Å². The third-order valence-electron chi connectivity index (χ3n) is 4.49. The van der Waals surface area contributed by atoms with Gasteiger partial charge in [-0.05, 0) is 12.8 Å². The summed E-state index contributed by atoms with van der Waals surface area (Å²) in [6.07, 6.45) is 1.87. The van der Waals surface area contributed by atoms with Crippen molar-refractivity contribution in [3.8, 4) is 0 Å². The van der Waals surface area contributed by atoms with Gasteiger partial charge in [-0.25, -0.2) is 0 Å². The second kappa shape index (κ2) is 5.46. The molecular formula is C13H22N4O2. The summed E-state index contributed by atoms with van der Waals surface area (Å²) in [4.78, 5) is 28.3. The van der Waals surface area contributed by atoms with Crippen molar-refractivity contribution in [3.63, 3.8) is 0 Å². The van der Waals surface area contributed by atoms with Gasteiger partial charge in [-0.1, -0.05) is 0 Å². The van der Waals surface area contributed by atoms with E-state index in [4.69, 9.17) is 0 Å². The van der Waals surface area contributed by atoms with Gasteiger partial charge in [0.25, 0.3) is 0 Å². The highest BCUT2D eigenvalue weighted by Gasteiger charge is 2.42. The Labute approximate surface area is 113 Å². The lowest BCUT2D eigenvalue weighted by Gasteiger charge is -2.37. The van der Waals surface area contributed by atoms with Crippen LogP contribution in [0.4, 0.5) is 0 Å². The second-order valence-corrected chi connectivity index (χ2v) is 5.67. The number of fused-ring (bicyclic) bond motifs is 1. The molecule has 0 aromatic carbocycles. The average molecular weight is 266 g/mol. The van der Waals surface area contributed by atoms with E-state index < -0.39 is 0 Å². The molecule has 3 rings (SSSR count). The molecule has 6 heteroatoms. The highest BCUT2D eigenvalue weighted by molar-refractivity contribution is 5.85. The molecule has 2 unspecified atom stereocenters. The molecule has 2 N–H and O–H groups in total. The summed E-state index contributed by atoms with van der Waals surface area (Å²) in [7, 11) is 0. The first kappa shape index (κ1) is 12.9. The fourth-order valence-corrected chi connectivity index (χ4v) is 3.41. The number of carbonyl (C=O) groups is 2. The van der Waals surface area contributed by atoms with Crippen LogP contribution in [0.25, 0.3) is 0 Å². The number of rotatable bonds is 2. The Hall–Kier alpha value is -1.14. The Morgan fingerprint density at radius 1 is 1.26 bits per heavy atom. The van der Waals surface area contributed by atoms with Crippen LogP contribution in [0.15, 0.2) is 0 Å². The zero-order valence-corrected chi connectivity index (χ0v) is 11.2. The largest absolute Gasteiger partial charge is 0.354 e. The van der Waals surface area contributed by atoms with Crippen LogP contribution in [0.2, 0.25) is 0 Å². The summed E-state index contributed by atoms with van der Waals surface area (Å²) in [5, 5.41) is 6.18. The van der Waals surface area contributed by atoms with Gasteiger partial charge in [0.05, 0.1) is 18.5 Å². The molecule has 0 aromatic rings. The maximum atomic E-state index is 12.4. The van der Waals surface area contributed by atoms with Gasteiger partial charge in [0.1, 0.15) is 0 Å². The summed E-state index contributed by atoms with van der Waals surface area (Å²) >= 11 is 0. The Bertz CT molecular complexity index is 368. The van der Waals surface area contributed by atoms with Gasteiger partial charge in [0.15, 0.2) is 0 Å². The van der Waals surface area contributed by atoms with E-state index in [9.17, 15) is 9.59 Å². The van der Waals surface area contributed by atoms with Gasteiger partial charge in [-0.2, -0.15) is 0 Å².